The van der Waals surface area contributed by atoms with Crippen LogP contribution >= 0.6 is 23.1 Å². The lowest BCUT2D eigenvalue weighted by molar-refractivity contribution is -0.141. The van der Waals surface area contributed by atoms with Gasteiger partial charge in [0.2, 0.25) is 0 Å². The molecule has 1 saturated carbocycles. The van der Waals surface area contributed by atoms with Crippen LogP contribution in [0.15, 0.2) is 16.8 Å². The van der Waals surface area contributed by atoms with Gasteiger partial charge in [-0.2, -0.15) is 11.3 Å². The largest absolute Gasteiger partial charge is 0.480 e. The Bertz CT molecular complexity index is 502. The number of rotatable bonds is 4. The Kier molecular flexibility index (Phi) is 3.89. The minimum absolute atomic E-state index is 0.129. The second-order valence-corrected chi connectivity index (χ2v) is 6.88. The number of carboxylic acid groups (broad SMARTS) is 1. The molecule has 2 heterocycles. The molecule has 3 rings (SSSR count). The van der Waals surface area contributed by atoms with E-state index in [-0.39, 0.29) is 12.1 Å². The highest BCUT2D eigenvalue weighted by Crippen LogP contribution is 2.32. The number of thioether (sulfide) groups is 1. The molecule has 20 heavy (non-hydrogen) atoms. The Morgan fingerprint density at radius 3 is 2.85 bits per heavy atom. The maximum absolute atomic E-state index is 12.6. The second-order valence-electron chi connectivity index (χ2n) is 5.10. The van der Waals surface area contributed by atoms with Crippen molar-refractivity contribution in [2.45, 2.75) is 31.5 Å². The number of amides is 2. The summed E-state index contributed by atoms with van der Waals surface area (Å²) < 4.78 is 0. The molecule has 0 aromatic carbocycles. The number of urea groups is 1. The first-order valence-electron chi connectivity index (χ1n) is 6.55. The summed E-state index contributed by atoms with van der Waals surface area (Å²) in [5.74, 6) is 0.0513. The van der Waals surface area contributed by atoms with E-state index in [2.05, 4.69) is 0 Å². The molecular formula is C13H16N2O3S2. The van der Waals surface area contributed by atoms with Crippen LogP contribution < -0.4 is 0 Å². The molecule has 108 valence electrons. The monoisotopic (exact) mass is 312 g/mol. The molecule has 0 spiro atoms. The Hall–Kier alpha value is -1.21. The van der Waals surface area contributed by atoms with Crippen molar-refractivity contribution < 1.29 is 14.7 Å². The van der Waals surface area contributed by atoms with E-state index >= 15 is 0 Å². The van der Waals surface area contributed by atoms with Crippen LogP contribution in [0.5, 0.6) is 0 Å². The molecule has 1 aromatic heterocycles. The lowest BCUT2D eigenvalue weighted by Gasteiger charge is -2.29. The number of carbonyl (C=O) groups excluding carboxylic acids is 1. The standard InChI is InChI=1S/C13H16N2O3S2/c16-12(17)11-7-20-8-15(11)13(18)14(10-1-2-10)5-9-3-4-19-6-9/h3-4,6,10-11H,1-2,5,7-8H2,(H,16,17). The maximum atomic E-state index is 12.6. The average Bonchev–Trinajstić information content (AvgIpc) is 2.95. The van der Waals surface area contributed by atoms with Crippen molar-refractivity contribution in [1.29, 1.82) is 0 Å². The molecule has 1 aliphatic heterocycles. The average molecular weight is 312 g/mol. The zero-order chi connectivity index (χ0) is 14.1. The van der Waals surface area contributed by atoms with Crippen molar-refractivity contribution in [2.24, 2.45) is 0 Å². The van der Waals surface area contributed by atoms with Crippen LogP contribution in [-0.2, 0) is 11.3 Å². The molecule has 2 fully saturated rings. The van der Waals surface area contributed by atoms with Gasteiger partial charge in [0, 0.05) is 18.3 Å². The summed E-state index contributed by atoms with van der Waals surface area (Å²) in [4.78, 5) is 27.2. The maximum Gasteiger partial charge on any atom is 0.327 e. The first kappa shape index (κ1) is 13.8. The first-order valence-corrected chi connectivity index (χ1v) is 8.65. The lowest BCUT2D eigenvalue weighted by Crippen LogP contribution is -2.49. The zero-order valence-corrected chi connectivity index (χ0v) is 12.5. The van der Waals surface area contributed by atoms with Crippen LogP contribution in [0.1, 0.15) is 18.4 Å². The Balaban J connectivity index is 1.73. The van der Waals surface area contributed by atoms with Gasteiger partial charge in [-0.25, -0.2) is 9.59 Å². The number of nitrogens with zero attached hydrogens (tertiary/aromatic N) is 2. The fraction of sp³-hybridized carbons (Fsp3) is 0.538. The molecule has 2 amide bonds. The molecule has 5 nitrogen and oxygen atoms in total. The van der Waals surface area contributed by atoms with Crippen LogP contribution in [-0.4, -0.2) is 50.6 Å². The van der Waals surface area contributed by atoms with Gasteiger partial charge in [-0.05, 0) is 35.2 Å². The molecule has 1 atom stereocenters. The van der Waals surface area contributed by atoms with Gasteiger partial charge in [0.15, 0.2) is 0 Å². The van der Waals surface area contributed by atoms with Crippen LogP contribution in [0.2, 0.25) is 0 Å². The van der Waals surface area contributed by atoms with Gasteiger partial charge < -0.3 is 14.9 Å². The van der Waals surface area contributed by atoms with Crippen LogP contribution in [0.4, 0.5) is 4.79 Å². The summed E-state index contributed by atoms with van der Waals surface area (Å²) in [5, 5.41) is 13.2. The van der Waals surface area contributed by atoms with Crippen LogP contribution in [0, 0.1) is 0 Å². The highest BCUT2D eigenvalue weighted by molar-refractivity contribution is 7.99. The van der Waals surface area contributed by atoms with Gasteiger partial charge in [-0.15, -0.1) is 11.8 Å². The van der Waals surface area contributed by atoms with Gasteiger partial charge in [0.1, 0.15) is 6.04 Å². The van der Waals surface area contributed by atoms with Crippen molar-refractivity contribution in [3.63, 3.8) is 0 Å². The third kappa shape index (κ3) is 2.78. The van der Waals surface area contributed by atoms with Gasteiger partial charge in [-0.1, -0.05) is 0 Å². The lowest BCUT2D eigenvalue weighted by atomic mass is 10.3. The van der Waals surface area contributed by atoms with E-state index in [0.29, 0.717) is 18.2 Å². The highest BCUT2D eigenvalue weighted by Gasteiger charge is 2.41. The molecular weight excluding hydrogens is 296 g/mol. The molecule has 1 N–H and O–H groups in total. The zero-order valence-electron chi connectivity index (χ0n) is 10.9. The Morgan fingerprint density at radius 1 is 1.45 bits per heavy atom. The minimum atomic E-state index is -0.908. The van der Waals surface area contributed by atoms with Crippen LogP contribution in [0.3, 0.4) is 0 Å². The molecule has 2 aliphatic rings. The number of aliphatic carboxylic acids is 1. The summed E-state index contributed by atoms with van der Waals surface area (Å²) in [6.45, 7) is 0.584. The molecule has 1 saturated heterocycles. The number of carboxylic acids is 1. The second kappa shape index (κ2) is 5.65. The van der Waals surface area contributed by atoms with E-state index in [0.717, 1.165) is 18.4 Å². The molecule has 0 bridgehead atoms. The van der Waals surface area contributed by atoms with Gasteiger partial charge >= 0.3 is 12.0 Å². The third-order valence-electron chi connectivity index (χ3n) is 3.58. The van der Waals surface area contributed by atoms with Gasteiger partial charge in [0.25, 0.3) is 0 Å². The van der Waals surface area contributed by atoms with Crippen molar-refractivity contribution in [3.8, 4) is 0 Å². The Labute approximate surface area is 125 Å². The van der Waals surface area contributed by atoms with Crippen molar-refractivity contribution in [2.75, 3.05) is 11.6 Å². The highest BCUT2D eigenvalue weighted by atomic mass is 32.2. The number of hydrogen-bond donors (Lipinski definition) is 1. The number of carbonyl (C=O) groups is 2. The van der Waals surface area contributed by atoms with E-state index in [1.807, 2.05) is 21.7 Å². The van der Waals surface area contributed by atoms with Gasteiger partial charge in [-0.3, -0.25) is 0 Å². The summed E-state index contributed by atoms with van der Waals surface area (Å²) in [7, 11) is 0. The molecule has 7 heteroatoms. The van der Waals surface area contributed by atoms with Crippen molar-refractivity contribution in [3.05, 3.63) is 22.4 Å². The molecule has 0 radical (unpaired) electrons. The predicted octanol–water partition coefficient (Wildman–Crippen LogP) is 2.29. The summed E-state index contributed by atoms with van der Waals surface area (Å²) >= 11 is 3.12. The third-order valence-corrected chi connectivity index (χ3v) is 5.32. The van der Waals surface area contributed by atoms with E-state index in [9.17, 15) is 14.7 Å². The summed E-state index contributed by atoms with van der Waals surface area (Å²) in [5.41, 5.74) is 1.12. The fourth-order valence-corrected chi connectivity index (χ4v) is 4.12. The quantitative estimate of drug-likeness (QED) is 0.926. The molecule has 1 unspecified atom stereocenters. The normalized spacial score (nSPS) is 22.0. The summed E-state index contributed by atoms with van der Waals surface area (Å²) in [6, 6.07) is 1.48. The van der Waals surface area contributed by atoms with Crippen LogP contribution in [0.25, 0.3) is 0 Å². The molecule has 1 aromatic rings. The fourth-order valence-electron chi connectivity index (χ4n) is 2.32. The van der Waals surface area contributed by atoms with Gasteiger partial charge in [0.05, 0.1) is 5.88 Å². The van der Waals surface area contributed by atoms with E-state index in [4.69, 9.17) is 0 Å². The van der Waals surface area contributed by atoms with E-state index < -0.39 is 12.0 Å². The number of thiophene rings is 1. The van der Waals surface area contributed by atoms with Crippen molar-refractivity contribution >= 4 is 35.1 Å². The SMILES string of the molecule is O=C(O)C1CSCN1C(=O)N(Cc1ccsc1)C1CC1. The minimum Gasteiger partial charge on any atom is -0.480 e. The van der Waals surface area contributed by atoms with E-state index in [1.165, 1.54) is 16.7 Å². The smallest absolute Gasteiger partial charge is 0.327 e. The van der Waals surface area contributed by atoms with E-state index in [1.54, 1.807) is 11.3 Å². The topological polar surface area (TPSA) is 60.9 Å². The first-order chi connectivity index (χ1) is 9.66. The molecule has 1 aliphatic carbocycles. The predicted molar refractivity (Wildman–Crippen MR) is 78.9 cm³/mol. The summed E-state index contributed by atoms with van der Waals surface area (Å²) in [6.07, 6.45) is 2.04. The van der Waals surface area contributed by atoms with Crippen molar-refractivity contribution in [1.82, 2.24) is 9.80 Å². The number of hydrogen-bond acceptors (Lipinski definition) is 4. The Morgan fingerprint density at radius 2 is 2.25 bits per heavy atom.